The lowest BCUT2D eigenvalue weighted by molar-refractivity contribution is -0.139. The third kappa shape index (κ3) is 5.44. The monoisotopic (exact) mass is 485 g/mol. The molecular weight excluding hydrogens is 456 g/mol. The predicted octanol–water partition coefficient (Wildman–Crippen LogP) is 3.87. The Kier molecular flexibility index (Phi) is 7.05. The largest absolute Gasteiger partial charge is 0.465 e. The predicted molar refractivity (Wildman–Crippen MR) is 125 cm³/mol. The van der Waals surface area contributed by atoms with E-state index in [-0.39, 0.29) is 37.0 Å². The minimum atomic E-state index is -1.14. The van der Waals surface area contributed by atoms with Crippen LogP contribution >= 0.6 is 0 Å². The van der Waals surface area contributed by atoms with Gasteiger partial charge in [0.1, 0.15) is 0 Å². The molecule has 2 aliphatic rings. The molecule has 35 heavy (non-hydrogen) atoms. The number of carbonyl (C=O) groups is 3. The Balaban J connectivity index is 1.58. The number of nitrogens with one attached hydrogen (secondary N) is 1. The van der Waals surface area contributed by atoms with Gasteiger partial charge < -0.3 is 20.2 Å². The topological polar surface area (TPSA) is 90.0 Å². The van der Waals surface area contributed by atoms with Crippen LogP contribution < -0.4 is 5.32 Å². The molecule has 2 atom stereocenters. The summed E-state index contributed by atoms with van der Waals surface area (Å²) in [5, 5.41) is 12.3. The third-order valence-corrected chi connectivity index (χ3v) is 7.03. The Morgan fingerprint density at radius 3 is 2.49 bits per heavy atom. The van der Waals surface area contributed by atoms with Crippen molar-refractivity contribution >= 4 is 17.9 Å². The van der Waals surface area contributed by atoms with Crippen molar-refractivity contribution in [2.75, 3.05) is 13.1 Å². The Morgan fingerprint density at radius 2 is 1.83 bits per heavy atom. The third-order valence-electron chi connectivity index (χ3n) is 7.03. The first-order valence-electron chi connectivity index (χ1n) is 11.7. The second-order valence-corrected chi connectivity index (χ2v) is 9.39. The average molecular weight is 486 g/mol. The van der Waals surface area contributed by atoms with Crippen molar-refractivity contribution < 1.29 is 28.3 Å². The Hall–Kier alpha value is -3.49. The Bertz CT molecular complexity index is 1150. The summed E-state index contributed by atoms with van der Waals surface area (Å²) in [5.41, 5.74) is 3.19. The van der Waals surface area contributed by atoms with Crippen molar-refractivity contribution in [2.45, 2.75) is 51.7 Å². The van der Waals surface area contributed by atoms with Gasteiger partial charge in [0.25, 0.3) is 5.91 Å². The van der Waals surface area contributed by atoms with Crippen LogP contribution in [0, 0.1) is 31.4 Å². The van der Waals surface area contributed by atoms with E-state index in [0.717, 1.165) is 41.7 Å². The maximum atomic E-state index is 13.8. The minimum Gasteiger partial charge on any atom is -0.465 e. The van der Waals surface area contributed by atoms with Crippen LogP contribution in [0.15, 0.2) is 36.4 Å². The minimum absolute atomic E-state index is 0.0487. The SMILES string of the molecule is Cc1cccc(CN(C(=O)C2CN(C(=O)O)CCC2NC(=O)c2ccc(F)c(F)c2)C2CC2)c1C. The molecule has 4 rings (SSSR count). The summed E-state index contributed by atoms with van der Waals surface area (Å²) in [6.45, 7) is 4.54. The fourth-order valence-corrected chi connectivity index (χ4v) is 4.59. The molecule has 2 aromatic carbocycles. The van der Waals surface area contributed by atoms with E-state index in [1.165, 1.54) is 11.0 Å². The summed E-state index contributed by atoms with van der Waals surface area (Å²) in [7, 11) is 0. The molecule has 9 heteroatoms. The number of carboxylic acid groups (broad SMARTS) is 1. The van der Waals surface area contributed by atoms with E-state index >= 15 is 0 Å². The molecule has 2 unspecified atom stereocenters. The average Bonchev–Trinajstić information content (AvgIpc) is 3.66. The molecule has 7 nitrogen and oxygen atoms in total. The van der Waals surface area contributed by atoms with Crippen molar-refractivity contribution in [1.82, 2.24) is 15.1 Å². The van der Waals surface area contributed by atoms with Gasteiger partial charge in [-0.15, -0.1) is 0 Å². The molecule has 2 N–H and O–H groups in total. The summed E-state index contributed by atoms with van der Waals surface area (Å²) in [4.78, 5) is 41.3. The normalized spacial score (nSPS) is 19.8. The molecule has 2 fully saturated rings. The summed E-state index contributed by atoms with van der Waals surface area (Å²) in [6, 6.07) is 8.24. The molecule has 1 saturated heterocycles. The quantitative estimate of drug-likeness (QED) is 0.650. The summed E-state index contributed by atoms with van der Waals surface area (Å²) < 4.78 is 26.9. The Labute approximate surface area is 202 Å². The van der Waals surface area contributed by atoms with Gasteiger partial charge in [0, 0.05) is 37.3 Å². The number of rotatable bonds is 6. The van der Waals surface area contributed by atoms with Crippen molar-refractivity contribution in [1.29, 1.82) is 0 Å². The highest BCUT2D eigenvalue weighted by atomic mass is 19.2. The van der Waals surface area contributed by atoms with Gasteiger partial charge in [0.05, 0.1) is 5.92 Å². The lowest BCUT2D eigenvalue weighted by Gasteiger charge is -2.39. The maximum Gasteiger partial charge on any atom is 0.407 e. The van der Waals surface area contributed by atoms with Gasteiger partial charge in [-0.1, -0.05) is 18.2 Å². The molecule has 3 amide bonds. The fourth-order valence-electron chi connectivity index (χ4n) is 4.59. The highest BCUT2D eigenvalue weighted by molar-refractivity contribution is 5.95. The zero-order valence-electron chi connectivity index (χ0n) is 19.8. The number of likely N-dealkylation sites (tertiary alicyclic amines) is 1. The number of piperidine rings is 1. The molecule has 0 spiro atoms. The van der Waals surface area contributed by atoms with Crippen LogP contribution in [-0.2, 0) is 11.3 Å². The van der Waals surface area contributed by atoms with Crippen LogP contribution in [0.1, 0.15) is 46.3 Å². The van der Waals surface area contributed by atoms with Gasteiger partial charge in [0.15, 0.2) is 11.6 Å². The van der Waals surface area contributed by atoms with Crippen LogP contribution in [0.4, 0.5) is 13.6 Å². The van der Waals surface area contributed by atoms with E-state index in [0.29, 0.717) is 6.54 Å². The van der Waals surface area contributed by atoms with Crippen LogP contribution in [0.3, 0.4) is 0 Å². The number of aryl methyl sites for hydroxylation is 1. The van der Waals surface area contributed by atoms with E-state index < -0.39 is 35.6 Å². The number of hydrogen-bond acceptors (Lipinski definition) is 3. The van der Waals surface area contributed by atoms with Crippen molar-refractivity contribution in [2.24, 2.45) is 5.92 Å². The second kappa shape index (κ2) is 10.0. The number of hydrogen-bond donors (Lipinski definition) is 2. The van der Waals surface area contributed by atoms with Gasteiger partial charge in [-0.25, -0.2) is 13.6 Å². The van der Waals surface area contributed by atoms with E-state index in [1.807, 2.05) is 32.0 Å². The maximum absolute atomic E-state index is 13.8. The fraction of sp³-hybridized carbons (Fsp3) is 0.423. The Morgan fingerprint density at radius 1 is 1.09 bits per heavy atom. The van der Waals surface area contributed by atoms with Crippen molar-refractivity contribution in [3.8, 4) is 0 Å². The summed E-state index contributed by atoms with van der Waals surface area (Å²) >= 11 is 0. The number of benzene rings is 2. The molecule has 1 aliphatic carbocycles. The molecule has 0 radical (unpaired) electrons. The molecule has 2 aromatic rings. The van der Waals surface area contributed by atoms with Crippen molar-refractivity contribution in [3.63, 3.8) is 0 Å². The first kappa shape index (κ1) is 24.6. The molecular formula is C26H29F2N3O4. The van der Waals surface area contributed by atoms with E-state index in [9.17, 15) is 28.3 Å². The number of nitrogens with zero attached hydrogens (tertiary/aromatic N) is 2. The molecule has 1 aliphatic heterocycles. The lowest BCUT2D eigenvalue weighted by atomic mass is 9.90. The van der Waals surface area contributed by atoms with Gasteiger partial charge >= 0.3 is 6.09 Å². The van der Waals surface area contributed by atoms with E-state index in [2.05, 4.69) is 5.32 Å². The summed E-state index contributed by atoms with van der Waals surface area (Å²) in [6.07, 6.45) is 0.858. The summed E-state index contributed by atoms with van der Waals surface area (Å²) in [5.74, 6) is -3.84. The first-order valence-corrected chi connectivity index (χ1v) is 11.7. The van der Waals surface area contributed by atoms with Crippen LogP contribution in [0.25, 0.3) is 0 Å². The van der Waals surface area contributed by atoms with Gasteiger partial charge in [0.2, 0.25) is 5.91 Å². The molecule has 0 aromatic heterocycles. The zero-order chi connectivity index (χ0) is 25.3. The molecule has 186 valence electrons. The highest BCUT2D eigenvalue weighted by Crippen LogP contribution is 2.32. The van der Waals surface area contributed by atoms with Crippen molar-refractivity contribution in [3.05, 3.63) is 70.3 Å². The molecule has 1 heterocycles. The number of halogens is 2. The number of amides is 3. The van der Waals surface area contributed by atoms with Crippen LogP contribution in [-0.4, -0.2) is 58.0 Å². The molecule has 1 saturated carbocycles. The van der Waals surface area contributed by atoms with Crippen LogP contribution in [0.5, 0.6) is 0 Å². The lowest BCUT2D eigenvalue weighted by Crippen LogP contribution is -2.57. The first-order chi connectivity index (χ1) is 16.7. The second-order valence-electron chi connectivity index (χ2n) is 9.39. The van der Waals surface area contributed by atoms with E-state index in [1.54, 1.807) is 4.90 Å². The zero-order valence-corrected chi connectivity index (χ0v) is 19.8. The van der Waals surface area contributed by atoms with Gasteiger partial charge in [-0.05, 0) is 68.0 Å². The standard InChI is InChI=1S/C26H29F2N3O4/c1-15-4-3-5-18(16(15)2)13-31(19-7-8-19)25(33)20-14-30(26(34)35)11-10-23(20)29-24(32)17-6-9-21(27)22(28)12-17/h3-6,9,12,19-20,23H,7-8,10-11,13-14H2,1-2H3,(H,29,32)(H,34,35). The van der Waals surface area contributed by atoms with Gasteiger partial charge in [-0.2, -0.15) is 0 Å². The smallest absolute Gasteiger partial charge is 0.407 e. The van der Waals surface area contributed by atoms with E-state index in [4.69, 9.17) is 0 Å². The van der Waals surface area contributed by atoms with Gasteiger partial charge in [-0.3, -0.25) is 9.59 Å². The number of carbonyl (C=O) groups excluding carboxylic acids is 2. The highest BCUT2D eigenvalue weighted by Gasteiger charge is 2.43. The van der Waals surface area contributed by atoms with Crippen LogP contribution in [0.2, 0.25) is 0 Å². The molecule has 0 bridgehead atoms.